The van der Waals surface area contributed by atoms with Gasteiger partial charge in [-0.05, 0) is 30.7 Å². The summed E-state index contributed by atoms with van der Waals surface area (Å²) in [6.45, 7) is 1.77. The van der Waals surface area contributed by atoms with E-state index < -0.39 is 4.92 Å². The molecule has 5 heteroatoms. The van der Waals surface area contributed by atoms with E-state index in [-0.39, 0.29) is 5.69 Å². The summed E-state index contributed by atoms with van der Waals surface area (Å²) in [6, 6.07) is 7.94. The Balaban J connectivity index is 2.26. The normalized spacial score (nSPS) is 9.94. The number of nitro benzene ring substituents is 1. The molecule has 0 unspecified atom stereocenters. The van der Waals surface area contributed by atoms with Crippen LogP contribution in [0, 0.1) is 17.0 Å². The zero-order chi connectivity index (χ0) is 12.3. The number of benzene rings is 1. The molecule has 1 heterocycles. The predicted octanol–water partition coefficient (Wildman–Crippen LogP) is 3.09. The molecule has 0 aliphatic carbocycles. The van der Waals surface area contributed by atoms with Crippen LogP contribution in [-0.2, 0) is 0 Å². The molecule has 0 spiro atoms. The highest BCUT2D eigenvalue weighted by Crippen LogP contribution is 2.27. The molecule has 0 aliphatic heterocycles. The van der Waals surface area contributed by atoms with Crippen LogP contribution >= 0.6 is 0 Å². The Morgan fingerprint density at radius 3 is 2.53 bits per heavy atom. The van der Waals surface area contributed by atoms with Crippen molar-refractivity contribution >= 4 is 5.69 Å². The molecular weight excluding hydrogens is 220 g/mol. The molecule has 0 saturated carbocycles. The second-order valence-electron chi connectivity index (χ2n) is 3.49. The summed E-state index contributed by atoms with van der Waals surface area (Å²) in [5.41, 5.74) is 0.778. The highest BCUT2D eigenvalue weighted by molar-refractivity contribution is 5.44. The van der Waals surface area contributed by atoms with Gasteiger partial charge in [-0.3, -0.25) is 15.1 Å². The molecule has 5 nitrogen and oxygen atoms in total. The Morgan fingerprint density at radius 1 is 1.24 bits per heavy atom. The van der Waals surface area contributed by atoms with Crippen molar-refractivity contribution in [1.82, 2.24) is 4.98 Å². The molecule has 17 heavy (non-hydrogen) atoms. The van der Waals surface area contributed by atoms with E-state index in [2.05, 4.69) is 4.98 Å². The maximum Gasteiger partial charge on any atom is 0.269 e. The summed E-state index contributed by atoms with van der Waals surface area (Å²) in [5.74, 6) is 1.25. The molecule has 0 saturated heterocycles. The highest BCUT2D eigenvalue weighted by atomic mass is 16.6. The lowest BCUT2D eigenvalue weighted by Crippen LogP contribution is -1.91. The van der Waals surface area contributed by atoms with E-state index in [4.69, 9.17) is 4.74 Å². The second kappa shape index (κ2) is 4.61. The standard InChI is InChI=1S/C12H10N2O3/c1-9-8-10(14(15)16)2-3-12(9)17-11-4-6-13-7-5-11/h2-8H,1H3. The molecule has 0 bridgehead atoms. The highest BCUT2D eigenvalue weighted by Gasteiger charge is 2.09. The molecule has 0 aliphatic rings. The summed E-state index contributed by atoms with van der Waals surface area (Å²) in [4.78, 5) is 14.0. The molecule has 1 aromatic carbocycles. The van der Waals surface area contributed by atoms with Crippen molar-refractivity contribution in [3.05, 3.63) is 58.4 Å². The third-order valence-corrected chi connectivity index (χ3v) is 2.25. The first-order chi connectivity index (χ1) is 8.16. The van der Waals surface area contributed by atoms with Gasteiger partial charge in [0.15, 0.2) is 0 Å². The van der Waals surface area contributed by atoms with E-state index in [1.54, 1.807) is 37.5 Å². The quantitative estimate of drug-likeness (QED) is 0.600. The van der Waals surface area contributed by atoms with Gasteiger partial charge >= 0.3 is 0 Å². The summed E-state index contributed by atoms with van der Waals surface area (Å²) in [7, 11) is 0. The van der Waals surface area contributed by atoms with Crippen LogP contribution in [0.4, 0.5) is 5.69 Å². The molecule has 1 aromatic heterocycles. The number of nitro groups is 1. The van der Waals surface area contributed by atoms with Gasteiger partial charge in [0.05, 0.1) is 4.92 Å². The first-order valence-electron chi connectivity index (χ1n) is 5.00. The summed E-state index contributed by atoms with van der Waals surface area (Å²) in [5, 5.41) is 10.6. The number of rotatable bonds is 3. The second-order valence-corrected chi connectivity index (χ2v) is 3.49. The van der Waals surface area contributed by atoms with Crippen molar-refractivity contribution in [1.29, 1.82) is 0 Å². The van der Waals surface area contributed by atoms with Crippen molar-refractivity contribution in [2.24, 2.45) is 0 Å². The minimum absolute atomic E-state index is 0.0598. The van der Waals surface area contributed by atoms with Gasteiger partial charge in [-0.2, -0.15) is 0 Å². The van der Waals surface area contributed by atoms with Gasteiger partial charge in [0.2, 0.25) is 0 Å². The van der Waals surface area contributed by atoms with Gasteiger partial charge in [0.1, 0.15) is 11.5 Å². The molecule has 2 aromatic rings. The molecule has 2 rings (SSSR count). The largest absolute Gasteiger partial charge is 0.457 e. The molecule has 0 amide bonds. The fraction of sp³-hybridized carbons (Fsp3) is 0.0833. The zero-order valence-corrected chi connectivity index (χ0v) is 9.16. The molecule has 0 N–H and O–H groups in total. The number of hydrogen-bond donors (Lipinski definition) is 0. The Bertz CT molecular complexity index is 541. The SMILES string of the molecule is Cc1cc([N+](=O)[O-])ccc1Oc1ccncc1. The Morgan fingerprint density at radius 2 is 1.94 bits per heavy atom. The summed E-state index contributed by atoms with van der Waals surface area (Å²) in [6.07, 6.45) is 3.24. The van der Waals surface area contributed by atoms with E-state index in [0.717, 1.165) is 5.56 Å². The first kappa shape index (κ1) is 11.1. The number of ether oxygens (including phenoxy) is 1. The van der Waals surface area contributed by atoms with Crippen molar-refractivity contribution in [2.45, 2.75) is 6.92 Å². The smallest absolute Gasteiger partial charge is 0.269 e. The van der Waals surface area contributed by atoms with E-state index in [9.17, 15) is 10.1 Å². The van der Waals surface area contributed by atoms with Crippen molar-refractivity contribution < 1.29 is 9.66 Å². The predicted molar refractivity (Wildman–Crippen MR) is 62.1 cm³/mol. The average molecular weight is 230 g/mol. The van der Waals surface area contributed by atoms with E-state index in [0.29, 0.717) is 11.5 Å². The number of hydrogen-bond acceptors (Lipinski definition) is 4. The zero-order valence-electron chi connectivity index (χ0n) is 9.16. The van der Waals surface area contributed by atoms with Crippen LogP contribution in [0.3, 0.4) is 0 Å². The van der Waals surface area contributed by atoms with Crippen LogP contribution in [0.25, 0.3) is 0 Å². The first-order valence-corrected chi connectivity index (χ1v) is 5.00. The number of pyridine rings is 1. The fourth-order valence-corrected chi connectivity index (χ4v) is 1.39. The average Bonchev–Trinajstić information content (AvgIpc) is 2.33. The molecule has 0 fully saturated rings. The van der Waals surface area contributed by atoms with Crippen LogP contribution in [0.2, 0.25) is 0 Å². The maximum atomic E-state index is 10.6. The van der Waals surface area contributed by atoms with Crippen molar-refractivity contribution in [3.8, 4) is 11.5 Å². The van der Waals surface area contributed by atoms with E-state index in [1.807, 2.05) is 0 Å². The van der Waals surface area contributed by atoms with Crippen LogP contribution in [0.1, 0.15) is 5.56 Å². The Hall–Kier alpha value is -2.43. The van der Waals surface area contributed by atoms with Gasteiger partial charge in [-0.25, -0.2) is 0 Å². The molecule has 86 valence electrons. The van der Waals surface area contributed by atoms with Gasteiger partial charge in [-0.15, -0.1) is 0 Å². The van der Waals surface area contributed by atoms with Gasteiger partial charge in [0, 0.05) is 24.5 Å². The summed E-state index contributed by atoms with van der Waals surface area (Å²) < 4.78 is 5.58. The Kier molecular flexibility index (Phi) is 3.00. The van der Waals surface area contributed by atoms with Gasteiger partial charge in [-0.1, -0.05) is 0 Å². The van der Waals surface area contributed by atoms with E-state index >= 15 is 0 Å². The molecule has 0 atom stereocenters. The minimum atomic E-state index is -0.427. The number of aromatic nitrogens is 1. The lowest BCUT2D eigenvalue weighted by molar-refractivity contribution is -0.384. The minimum Gasteiger partial charge on any atom is -0.457 e. The van der Waals surface area contributed by atoms with Gasteiger partial charge < -0.3 is 4.74 Å². The summed E-state index contributed by atoms with van der Waals surface area (Å²) >= 11 is 0. The topological polar surface area (TPSA) is 65.3 Å². The molecular formula is C12H10N2O3. The fourth-order valence-electron chi connectivity index (χ4n) is 1.39. The monoisotopic (exact) mass is 230 g/mol. The van der Waals surface area contributed by atoms with Crippen molar-refractivity contribution in [3.63, 3.8) is 0 Å². The number of nitrogens with zero attached hydrogens (tertiary/aromatic N) is 2. The van der Waals surface area contributed by atoms with E-state index in [1.165, 1.54) is 12.1 Å². The van der Waals surface area contributed by atoms with Gasteiger partial charge in [0.25, 0.3) is 5.69 Å². The van der Waals surface area contributed by atoms with Crippen LogP contribution in [-0.4, -0.2) is 9.91 Å². The number of non-ortho nitro benzene ring substituents is 1. The number of aryl methyl sites for hydroxylation is 1. The Labute approximate surface area is 97.8 Å². The van der Waals surface area contributed by atoms with Crippen LogP contribution < -0.4 is 4.74 Å². The molecule has 0 radical (unpaired) electrons. The van der Waals surface area contributed by atoms with Crippen molar-refractivity contribution in [2.75, 3.05) is 0 Å². The lowest BCUT2D eigenvalue weighted by Gasteiger charge is -2.07. The third kappa shape index (κ3) is 2.57. The maximum absolute atomic E-state index is 10.6. The lowest BCUT2D eigenvalue weighted by atomic mass is 10.2. The van der Waals surface area contributed by atoms with Crippen LogP contribution in [0.5, 0.6) is 11.5 Å². The third-order valence-electron chi connectivity index (χ3n) is 2.25. The van der Waals surface area contributed by atoms with Crippen LogP contribution in [0.15, 0.2) is 42.7 Å².